The highest BCUT2D eigenvalue weighted by atomic mass is 15.2. The molecule has 0 saturated carbocycles. The van der Waals surface area contributed by atoms with Crippen LogP contribution in [0.4, 0.5) is 11.6 Å². The molecule has 0 radical (unpaired) electrons. The summed E-state index contributed by atoms with van der Waals surface area (Å²) in [4.78, 5) is 11.2. The second kappa shape index (κ2) is 5.87. The summed E-state index contributed by atoms with van der Waals surface area (Å²) in [5, 5.41) is 12.2. The fraction of sp³-hybridized carbons (Fsp3) is 0.643. The van der Waals surface area contributed by atoms with Gasteiger partial charge in [0.25, 0.3) is 0 Å². The predicted molar refractivity (Wildman–Crippen MR) is 76.1 cm³/mol. The Morgan fingerprint density at radius 3 is 2.63 bits per heavy atom. The molecule has 1 saturated heterocycles. The molecule has 0 unspecified atom stereocenters. The van der Waals surface area contributed by atoms with Crippen LogP contribution in [0.3, 0.4) is 0 Å². The van der Waals surface area contributed by atoms with Gasteiger partial charge in [-0.15, -0.1) is 0 Å². The maximum atomic E-state index is 8.93. The van der Waals surface area contributed by atoms with E-state index in [-0.39, 0.29) is 5.92 Å². The summed E-state index contributed by atoms with van der Waals surface area (Å²) in [7, 11) is 0. The number of anilines is 2. The van der Waals surface area contributed by atoms with E-state index in [1.807, 2.05) is 13.0 Å². The van der Waals surface area contributed by atoms with Crippen molar-refractivity contribution in [1.29, 1.82) is 5.26 Å². The first kappa shape index (κ1) is 13.6. The van der Waals surface area contributed by atoms with Crippen molar-refractivity contribution in [3.63, 3.8) is 0 Å². The molecule has 102 valence electrons. The number of aryl methyl sites for hydroxylation is 1. The Labute approximate surface area is 114 Å². The molecule has 1 aromatic rings. The monoisotopic (exact) mass is 259 g/mol. The van der Waals surface area contributed by atoms with Crippen molar-refractivity contribution in [3.8, 4) is 6.07 Å². The first-order valence-electron chi connectivity index (χ1n) is 6.85. The largest absolute Gasteiger partial charge is 0.368 e. The Hall–Kier alpha value is -1.83. The van der Waals surface area contributed by atoms with Crippen molar-refractivity contribution in [1.82, 2.24) is 9.97 Å². The zero-order chi connectivity index (χ0) is 13.8. The molecule has 19 heavy (non-hydrogen) atoms. The van der Waals surface area contributed by atoms with Gasteiger partial charge in [-0.1, -0.05) is 0 Å². The predicted octanol–water partition coefficient (Wildman–Crippen LogP) is 2.35. The molecular weight excluding hydrogens is 238 g/mol. The van der Waals surface area contributed by atoms with Gasteiger partial charge in [-0.2, -0.15) is 5.26 Å². The topological polar surface area (TPSA) is 64.8 Å². The van der Waals surface area contributed by atoms with Crippen molar-refractivity contribution in [2.24, 2.45) is 5.92 Å². The molecule has 1 fully saturated rings. The lowest BCUT2D eigenvalue weighted by molar-refractivity contribution is 0.485. The molecule has 1 aliphatic rings. The Morgan fingerprint density at radius 1 is 1.37 bits per heavy atom. The normalized spacial score (nSPS) is 16.5. The highest BCUT2D eigenvalue weighted by Gasteiger charge is 2.20. The number of aromatic nitrogens is 2. The first-order chi connectivity index (χ1) is 9.08. The molecule has 0 amide bonds. The van der Waals surface area contributed by atoms with Crippen molar-refractivity contribution < 1.29 is 0 Å². The molecule has 0 aromatic carbocycles. The van der Waals surface area contributed by atoms with Gasteiger partial charge >= 0.3 is 0 Å². The summed E-state index contributed by atoms with van der Waals surface area (Å²) in [6, 6.07) is 4.71. The zero-order valence-electron chi connectivity index (χ0n) is 11.8. The fourth-order valence-corrected chi connectivity index (χ4v) is 2.32. The maximum absolute atomic E-state index is 8.93. The average molecular weight is 259 g/mol. The summed E-state index contributed by atoms with van der Waals surface area (Å²) in [5.74, 6) is 2.82. The van der Waals surface area contributed by atoms with Crippen molar-refractivity contribution in [2.75, 3.05) is 23.3 Å². The van der Waals surface area contributed by atoms with Gasteiger partial charge in [-0.25, -0.2) is 9.97 Å². The van der Waals surface area contributed by atoms with Gasteiger partial charge in [0, 0.05) is 31.1 Å². The lowest BCUT2D eigenvalue weighted by Gasteiger charge is -2.30. The molecule has 0 atom stereocenters. The molecule has 0 bridgehead atoms. The number of rotatable bonds is 3. The third-order valence-electron chi connectivity index (χ3n) is 3.26. The number of piperidine rings is 1. The minimum absolute atomic E-state index is 0.201. The summed E-state index contributed by atoms with van der Waals surface area (Å²) in [6.07, 6.45) is 1.85. The molecule has 2 rings (SSSR count). The Bertz CT molecular complexity index is 469. The summed E-state index contributed by atoms with van der Waals surface area (Å²) in [5.41, 5.74) is 0. The number of nitrogens with zero attached hydrogens (tertiary/aromatic N) is 4. The van der Waals surface area contributed by atoms with Crippen LogP contribution in [0.5, 0.6) is 0 Å². The third-order valence-corrected chi connectivity index (χ3v) is 3.26. The fourth-order valence-electron chi connectivity index (χ4n) is 2.32. The Balaban J connectivity index is 2.12. The van der Waals surface area contributed by atoms with E-state index >= 15 is 0 Å². The van der Waals surface area contributed by atoms with Gasteiger partial charge in [-0.05, 0) is 33.6 Å². The second-order valence-electron chi connectivity index (χ2n) is 5.35. The van der Waals surface area contributed by atoms with E-state index in [9.17, 15) is 0 Å². The van der Waals surface area contributed by atoms with Gasteiger partial charge in [-0.3, -0.25) is 0 Å². The maximum Gasteiger partial charge on any atom is 0.134 e. The van der Waals surface area contributed by atoms with Crippen LogP contribution in [0.2, 0.25) is 0 Å². The van der Waals surface area contributed by atoms with Crippen LogP contribution < -0.4 is 10.2 Å². The van der Waals surface area contributed by atoms with Gasteiger partial charge in [0.05, 0.1) is 6.07 Å². The summed E-state index contributed by atoms with van der Waals surface area (Å²) in [6.45, 7) is 7.90. The third kappa shape index (κ3) is 3.57. The average Bonchev–Trinajstić information content (AvgIpc) is 2.37. The minimum Gasteiger partial charge on any atom is -0.368 e. The smallest absolute Gasteiger partial charge is 0.134 e. The number of hydrogen-bond acceptors (Lipinski definition) is 5. The number of nitriles is 1. The van der Waals surface area contributed by atoms with Crippen LogP contribution in [0.25, 0.3) is 0 Å². The van der Waals surface area contributed by atoms with Gasteiger partial charge in [0.1, 0.15) is 17.5 Å². The summed E-state index contributed by atoms with van der Waals surface area (Å²) >= 11 is 0. The van der Waals surface area contributed by atoms with Crippen LogP contribution in [-0.4, -0.2) is 29.1 Å². The number of hydrogen-bond donors (Lipinski definition) is 1. The van der Waals surface area contributed by atoms with E-state index in [0.29, 0.717) is 6.04 Å². The van der Waals surface area contributed by atoms with E-state index in [0.717, 1.165) is 43.4 Å². The van der Waals surface area contributed by atoms with Crippen molar-refractivity contribution >= 4 is 11.6 Å². The molecule has 2 heterocycles. The lowest BCUT2D eigenvalue weighted by Crippen LogP contribution is -2.34. The molecule has 1 aromatic heterocycles. The van der Waals surface area contributed by atoms with E-state index in [4.69, 9.17) is 5.26 Å². The summed E-state index contributed by atoms with van der Waals surface area (Å²) < 4.78 is 0. The Morgan fingerprint density at radius 2 is 2.05 bits per heavy atom. The first-order valence-corrected chi connectivity index (χ1v) is 6.85. The molecule has 1 aliphatic heterocycles. The zero-order valence-corrected chi connectivity index (χ0v) is 11.8. The van der Waals surface area contributed by atoms with E-state index in [1.165, 1.54) is 0 Å². The van der Waals surface area contributed by atoms with E-state index in [1.54, 1.807) is 0 Å². The van der Waals surface area contributed by atoms with Gasteiger partial charge < -0.3 is 10.2 Å². The SMILES string of the molecule is Cc1nc(NC(C)C)cc(N2CCC(C#N)CC2)n1. The number of nitrogens with one attached hydrogen (secondary N) is 1. The molecule has 5 nitrogen and oxygen atoms in total. The van der Waals surface area contributed by atoms with Crippen LogP contribution in [0, 0.1) is 24.2 Å². The van der Waals surface area contributed by atoms with Gasteiger partial charge in [0.2, 0.25) is 0 Å². The van der Waals surface area contributed by atoms with Crippen LogP contribution >= 0.6 is 0 Å². The standard InChI is InChI=1S/C14H21N5/c1-10(2)16-13-8-14(18-11(3)17-13)19-6-4-12(9-15)5-7-19/h8,10,12H,4-7H2,1-3H3,(H,16,17,18). The molecule has 1 N–H and O–H groups in total. The van der Waals surface area contributed by atoms with E-state index in [2.05, 4.69) is 40.1 Å². The van der Waals surface area contributed by atoms with Crippen LogP contribution in [0.15, 0.2) is 6.07 Å². The molecular formula is C14H21N5. The lowest BCUT2D eigenvalue weighted by atomic mass is 9.99. The quantitative estimate of drug-likeness (QED) is 0.902. The van der Waals surface area contributed by atoms with Crippen molar-refractivity contribution in [2.45, 2.75) is 39.7 Å². The highest BCUT2D eigenvalue weighted by molar-refractivity contribution is 5.50. The molecule has 0 spiro atoms. The van der Waals surface area contributed by atoms with Crippen molar-refractivity contribution in [3.05, 3.63) is 11.9 Å². The second-order valence-corrected chi connectivity index (χ2v) is 5.35. The molecule has 0 aliphatic carbocycles. The van der Waals surface area contributed by atoms with Crippen LogP contribution in [0.1, 0.15) is 32.5 Å². The minimum atomic E-state index is 0.201. The van der Waals surface area contributed by atoms with Crippen LogP contribution in [-0.2, 0) is 0 Å². The highest BCUT2D eigenvalue weighted by Crippen LogP contribution is 2.23. The molecule has 5 heteroatoms. The Kier molecular flexibility index (Phi) is 4.20. The van der Waals surface area contributed by atoms with Gasteiger partial charge in [0.15, 0.2) is 0 Å². The van der Waals surface area contributed by atoms with E-state index < -0.39 is 0 Å².